The van der Waals surface area contributed by atoms with Gasteiger partial charge in [-0.1, -0.05) is 29.3 Å². The zero-order chi connectivity index (χ0) is 20.9. The third kappa shape index (κ3) is 3.36. The molecule has 2 aliphatic heterocycles. The average Bonchev–Trinajstić information content (AvgIpc) is 3.22. The number of benzene rings is 2. The van der Waals surface area contributed by atoms with Gasteiger partial charge >= 0.3 is 0 Å². The number of fused-ring (bicyclic) bond motifs is 4. The summed E-state index contributed by atoms with van der Waals surface area (Å²) in [6.07, 6.45) is 6.54. The van der Waals surface area contributed by atoms with Crippen molar-refractivity contribution in [2.24, 2.45) is 11.0 Å². The van der Waals surface area contributed by atoms with E-state index >= 15 is 0 Å². The summed E-state index contributed by atoms with van der Waals surface area (Å²) in [6, 6.07) is 12.7. The molecule has 1 fully saturated rings. The second-order valence-corrected chi connectivity index (χ2v) is 10.3. The van der Waals surface area contributed by atoms with E-state index < -0.39 is 0 Å². The topological polar surface area (TPSA) is 34.1 Å². The molecule has 158 valence electrons. The molecule has 0 aromatic heterocycles. The summed E-state index contributed by atoms with van der Waals surface area (Å²) in [5.74, 6) is 2.65. The molecule has 0 N–H and O–H groups in total. The smallest absolute Gasteiger partial charge is 0.198 e. The van der Waals surface area contributed by atoms with Crippen LogP contribution in [0.15, 0.2) is 50.4 Å². The summed E-state index contributed by atoms with van der Waals surface area (Å²) in [7, 11) is 1.70. The van der Waals surface area contributed by atoms with Crippen molar-refractivity contribution in [1.82, 2.24) is 5.01 Å². The minimum absolute atomic E-state index is 0.192. The fraction of sp³-hybridized carbons (Fsp3) is 0.458. The van der Waals surface area contributed by atoms with Crippen molar-refractivity contribution < 1.29 is 9.47 Å². The lowest BCUT2D eigenvalue weighted by atomic mass is 9.80. The Bertz CT molecular complexity index is 981. The number of halogens is 2. The Kier molecular flexibility index (Phi) is 5.34. The Morgan fingerprint density at radius 2 is 1.90 bits per heavy atom. The molecule has 3 aliphatic rings. The molecule has 0 amide bonds. The normalized spacial score (nSPS) is 27.3. The van der Waals surface area contributed by atoms with E-state index in [-0.39, 0.29) is 11.8 Å². The van der Waals surface area contributed by atoms with Gasteiger partial charge in [-0.2, -0.15) is 5.10 Å². The lowest BCUT2D eigenvalue weighted by Gasteiger charge is -2.51. The number of hydrazone groups is 1. The fourth-order valence-corrected chi connectivity index (χ4v) is 6.47. The van der Waals surface area contributed by atoms with Gasteiger partial charge in [-0.25, -0.2) is 5.01 Å². The molecule has 2 heterocycles. The van der Waals surface area contributed by atoms with E-state index in [0.717, 1.165) is 56.9 Å². The van der Waals surface area contributed by atoms with Crippen molar-refractivity contribution in [3.8, 4) is 11.5 Å². The molecule has 1 atom stereocenters. The van der Waals surface area contributed by atoms with Crippen LogP contribution in [-0.2, 0) is 0 Å². The highest BCUT2D eigenvalue weighted by Gasteiger charge is 2.52. The first-order valence-electron chi connectivity index (χ1n) is 10.7. The number of methoxy groups -OCH3 is 1. The number of hydrogen-bond acceptors (Lipinski definition) is 4. The van der Waals surface area contributed by atoms with Gasteiger partial charge in [0.2, 0.25) is 0 Å². The standard InChI is InChI=1S/C24H26Br2N2O2/c1-3-15-8-10-24(11-9-15)28-22(19-12-17(25)13-20(26)23(19)30-24)14-21(27-28)16-4-6-18(29-2)7-5-16/h4-7,12-13,15,22H,3,8-11,14H2,1-2H3/t15?,22-,24?/m1/s1. The van der Waals surface area contributed by atoms with E-state index in [1.54, 1.807) is 7.11 Å². The van der Waals surface area contributed by atoms with E-state index in [1.807, 2.05) is 12.1 Å². The maximum absolute atomic E-state index is 6.80. The number of rotatable bonds is 3. The maximum Gasteiger partial charge on any atom is 0.198 e. The lowest BCUT2D eigenvalue weighted by Crippen LogP contribution is -2.55. The summed E-state index contributed by atoms with van der Waals surface area (Å²) in [5, 5.41) is 7.47. The van der Waals surface area contributed by atoms with Gasteiger partial charge in [-0.15, -0.1) is 0 Å². The molecule has 2 aromatic rings. The van der Waals surface area contributed by atoms with Gasteiger partial charge < -0.3 is 9.47 Å². The Hall–Kier alpha value is -1.53. The molecule has 0 bridgehead atoms. The van der Waals surface area contributed by atoms with Crippen LogP contribution in [0.4, 0.5) is 0 Å². The van der Waals surface area contributed by atoms with E-state index in [4.69, 9.17) is 14.6 Å². The largest absolute Gasteiger partial charge is 0.497 e. The number of ether oxygens (including phenoxy) is 2. The van der Waals surface area contributed by atoms with Crippen molar-refractivity contribution in [3.63, 3.8) is 0 Å². The van der Waals surface area contributed by atoms with Crippen molar-refractivity contribution >= 4 is 37.6 Å². The zero-order valence-corrected chi connectivity index (χ0v) is 20.5. The maximum atomic E-state index is 6.80. The first kappa shape index (κ1) is 20.4. The quantitative estimate of drug-likeness (QED) is 0.423. The van der Waals surface area contributed by atoms with Gasteiger partial charge in [0.25, 0.3) is 0 Å². The fourth-order valence-electron chi connectivity index (χ4n) is 5.13. The van der Waals surface area contributed by atoms with Gasteiger partial charge in [0, 0.05) is 29.3 Å². The predicted molar refractivity (Wildman–Crippen MR) is 126 cm³/mol. The summed E-state index contributed by atoms with van der Waals surface area (Å²) in [4.78, 5) is 0. The van der Waals surface area contributed by atoms with E-state index in [1.165, 1.54) is 24.8 Å². The van der Waals surface area contributed by atoms with Crippen molar-refractivity contribution in [1.29, 1.82) is 0 Å². The molecular weight excluding hydrogens is 508 g/mol. The molecule has 30 heavy (non-hydrogen) atoms. The number of hydrogen-bond donors (Lipinski definition) is 0. The first-order chi connectivity index (χ1) is 14.5. The van der Waals surface area contributed by atoms with Crippen LogP contribution in [0.25, 0.3) is 0 Å². The Morgan fingerprint density at radius 3 is 2.57 bits per heavy atom. The minimum Gasteiger partial charge on any atom is -0.497 e. The Balaban J connectivity index is 1.56. The molecule has 0 unspecified atom stereocenters. The zero-order valence-electron chi connectivity index (χ0n) is 17.3. The van der Waals surface area contributed by atoms with Crippen LogP contribution in [0.3, 0.4) is 0 Å². The molecule has 2 aromatic carbocycles. The van der Waals surface area contributed by atoms with Crippen LogP contribution in [0.5, 0.6) is 11.5 Å². The Morgan fingerprint density at radius 1 is 1.17 bits per heavy atom. The molecular formula is C24H26Br2N2O2. The van der Waals surface area contributed by atoms with Gasteiger partial charge in [-0.05, 0) is 76.7 Å². The molecule has 1 saturated carbocycles. The second-order valence-electron chi connectivity index (χ2n) is 8.55. The molecule has 0 saturated heterocycles. The molecule has 1 aliphatic carbocycles. The van der Waals surface area contributed by atoms with Crippen LogP contribution in [-0.4, -0.2) is 23.6 Å². The molecule has 5 rings (SSSR count). The molecule has 1 spiro atoms. The van der Waals surface area contributed by atoms with Crippen LogP contribution in [0.1, 0.15) is 62.6 Å². The first-order valence-corrected chi connectivity index (χ1v) is 12.3. The highest BCUT2D eigenvalue weighted by Crippen LogP contribution is 2.54. The van der Waals surface area contributed by atoms with Crippen molar-refractivity contribution in [2.75, 3.05) is 7.11 Å². The van der Waals surface area contributed by atoms with Crippen molar-refractivity contribution in [3.05, 3.63) is 56.5 Å². The van der Waals surface area contributed by atoms with Crippen LogP contribution in [0.2, 0.25) is 0 Å². The van der Waals surface area contributed by atoms with Crippen LogP contribution >= 0.6 is 31.9 Å². The SMILES string of the molecule is CCC1CCC2(CC1)Oc1c(Br)cc(Br)cc1[C@H]1CC(c3ccc(OC)cc3)=NN12. The highest BCUT2D eigenvalue weighted by molar-refractivity contribution is 9.11. The molecule has 4 nitrogen and oxygen atoms in total. The summed E-state index contributed by atoms with van der Waals surface area (Å²) < 4.78 is 14.2. The van der Waals surface area contributed by atoms with E-state index in [9.17, 15) is 0 Å². The van der Waals surface area contributed by atoms with Crippen LogP contribution in [0, 0.1) is 5.92 Å². The van der Waals surface area contributed by atoms with Crippen molar-refractivity contribution in [2.45, 2.75) is 57.2 Å². The van der Waals surface area contributed by atoms with E-state index in [0.29, 0.717) is 0 Å². The Labute approximate surface area is 194 Å². The lowest BCUT2D eigenvalue weighted by molar-refractivity contribution is -0.147. The highest BCUT2D eigenvalue weighted by atomic mass is 79.9. The predicted octanol–water partition coefficient (Wildman–Crippen LogP) is 7.06. The van der Waals surface area contributed by atoms with Gasteiger partial charge in [0.15, 0.2) is 5.72 Å². The van der Waals surface area contributed by atoms with Gasteiger partial charge in [0.1, 0.15) is 11.5 Å². The molecule has 0 radical (unpaired) electrons. The summed E-state index contributed by atoms with van der Waals surface area (Å²) in [5.41, 5.74) is 3.12. The second kappa shape index (κ2) is 7.86. The molecule has 6 heteroatoms. The van der Waals surface area contributed by atoms with Crippen LogP contribution < -0.4 is 9.47 Å². The minimum atomic E-state index is -0.353. The summed E-state index contributed by atoms with van der Waals surface area (Å²) >= 11 is 7.42. The van der Waals surface area contributed by atoms with E-state index in [2.05, 4.69) is 68.1 Å². The average molecular weight is 534 g/mol. The van der Waals surface area contributed by atoms with Gasteiger partial charge in [-0.3, -0.25) is 0 Å². The number of nitrogens with zero attached hydrogens (tertiary/aromatic N) is 2. The third-order valence-electron chi connectivity index (χ3n) is 6.90. The monoisotopic (exact) mass is 532 g/mol. The van der Waals surface area contributed by atoms with Gasteiger partial charge in [0.05, 0.1) is 23.3 Å². The third-order valence-corrected chi connectivity index (χ3v) is 7.95. The summed E-state index contributed by atoms with van der Waals surface area (Å²) in [6.45, 7) is 2.30.